The molecule has 2 N–H and O–H groups in total. The summed E-state index contributed by atoms with van der Waals surface area (Å²) in [5.74, 6) is -0.185. The van der Waals surface area contributed by atoms with Crippen LogP contribution in [0.2, 0.25) is 0 Å². The van der Waals surface area contributed by atoms with E-state index >= 15 is 0 Å². The number of rotatable bonds is 5. The molecule has 11 heteroatoms. The lowest BCUT2D eigenvalue weighted by Crippen LogP contribution is -2.29. The second kappa shape index (κ2) is 8.07. The van der Waals surface area contributed by atoms with Crippen molar-refractivity contribution < 1.29 is 18.1 Å². The van der Waals surface area contributed by atoms with Gasteiger partial charge in [-0.25, -0.2) is 8.42 Å². The summed E-state index contributed by atoms with van der Waals surface area (Å²) < 4.78 is 27.6. The molecule has 1 heterocycles. The Hall–Kier alpha value is -2.79. The van der Waals surface area contributed by atoms with Gasteiger partial charge in [-0.3, -0.25) is 24.6 Å². The summed E-state index contributed by atoms with van der Waals surface area (Å²) in [6.45, 7) is 0.591. The molecule has 0 unspecified atom stereocenters. The second-order valence-electron chi connectivity index (χ2n) is 5.94. The number of carbonyl (C=O) groups excluding carboxylic acids is 1. The number of nitro benzene ring substituents is 1. The number of benzene rings is 2. The van der Waals surface area contributed by atoms with Gasteiger partial charge in [0.1, 0.15) is 5.84 Å². The summed E-state index contributed by atoms with van der Waals surface area (Å²) in [6.07, 6.45) is 1.37. The lowest BCUT2D eigenvalue weighted by Gasteiger charge is -2.10. The zero-order chi connectivity index (χ0) is 20.3. The molecule has 0 fully saturated rings. The number of sulfonamides is 1. The molecule has 0 aromatic heterocycles. The van der Waals surface area contributed by atoms with Gasteiger partial charge in [0.15, 0.2) is 0 Å². The molecule has 1 aliphatic heterocycles. The molecule has 9 nitrogen and oxygen atoms in total. The van der Waals surface area contributed by atoms with Crippen molar-refractivity contribution in [2.75, 3.05) is 11.9 Å². The third kappa shape index (κ3) is 4.54. The molecule has 2 aromatic carbocycles. The van der Waals surface area contributed by atoms with Crippen LogP contribution in [0.15, 0.2) is 56.8 Å². The number of carbonyl (C=O) groups is 1. The zero-order valence-corrected chi connectivity index (χ0v) is 16.8. The molecule has 3 rings (SSSR count). The fraction of sp³-hybridized carbons (Fsp3) is 0.176. The van der Waals surface area contributed by atoms with E-state index in [9.17, 15) is 23.3 Å². The van der Waals surface area contributed by atoms with E-state index in [0.717, 1.165) is 12.5 Å². The topological polar surface area (TPSA) is 131 Å². The van der Waals surface area contributed by atoms with E-state index in [-0.39, 0.29) is 26.3 Å². The Bertz CT molecular complexity index is 1080. The van der Waals surface area contributed by atoms with E-state index < -0.39 is 20.9 Å². The van der Waals surface area contributed by atoms with Crippen molar-refractivity contribution >= 4 is 49.1 Å². The molecule has 1 amide bonds. The third-order valence-electron chi connectivity index (χ3n) is 3.93. The van der Waals surface area contributed by atoms with E-state index in [1.165, 1.54) is 36.4 Å². The van der Waals surface area contributed by atoms with Gasteiger partial charge in [-0.15, -0.1) is 0 Å². The number of aliphatic imine (C=N–C) groups is 1. The summed E-state index contributed by atoms with van der Waals surface area (Å²) >= 11 is 3.06. The SMILES string of the molecule is O=C(Nc1cccc(S(=O)(=O)NC2=NCCC2)c1)c1ccc(Br)c([N+](=O)[O-])c1. The quantitative estimate of drug-likeness (QED) is 0.516. The fourth-order valence-corrected chi connectivity index (χ4v) is 4.10. The highest BCUT2D eigenvalue weighted by Gasteiger charge is 2.20. The maximum atomic E-state index is 12.5. The minimum atomic E-state index is -3.82. The molecule has 146 valence electrons. The number of amidine groups is 1. The summed E-state index contributed by atoms with van der Waals surface area (Å²) in [7, 11) is -3.82. The van der Waals surface area contributed by atoms with Crippen molar-refractivity contribution in [3.05, 3.63) is 62.6 Å². The molecular formula is C17H15BrN4O5S. The molecule has 0 aliphatic carbocycles. The first-order valence-corrected chi connectivity index (χ1v) is 10.5. The number of halogens is 1. The van der Waals surface area contributed by atoms with Gasteiger partial charge in [0.05, 0.1) is 14.3 Å². The smallest absolute Gasteiger partial charge is 0.284 e. The molecule has 0 saturated heterocycles. The molecule has 0 saturated carbocycles. The lowest BCUT2D eigenvalue weighted by atomic mass is 10.2. The number of hydrogen-bond donors (Lipinski definition) is 2. The number of amides is 1. The van der Waals surface area contributed by atoms with E-state index in [0.29, 0.717) is 18.8 Å². The molecule has 2 aromatic rings. The van der Waals surface area contributed by atoms with Crippen LogP contribution in [0.3, 0.4) is 0 Å². The van der Waals surface area contributed by atoms with Crippen molar-refractivity contribution in [2.45, 2.75) is 17.7 Å². The zero-order valence-electron chi connectivity index (χ0n) is 14.4. The van der Waals surface area contributed by atoms with Gasteiger partial charge in [-0.1, -0.05) is 6.07 Å². The van der Waals surface area contributed by atoms with Gasteiger partial charge in [0, 0.05) is 30.3 Å². The summed E-state index contributed by atoms with van der Waals surface area (Å²) in [5.41, 5.74) is 0.0684. The largest absolute Gasteiger partial charge is 0.322 e. The van der Waals surface area contributed by atoms with Crippen LogP contribution in [0.1, 0.15) is 23.2 Å². The molecule has 0 radical (unpaired) electrons. The van der Waals surface area contributed by atoms with Gasteiger partial charge >= 0.3 is 0 Å². The predicted octanol–water partition coefficient (Wildman–Crippen LogP) is 3.08. The highest BCUT2D eigenvalue weighted by atomic mass is 79.9. The number of nitrogens with zero attached hydrogens (tertiary/aromatic N) is 2. The minimum absolute atomic E-state index is 0.0262. The van der Waals surface area contributed by atoms with Crippen LogP contribution >= 0.6 is 15.9 Å². The predicted molar refractivity (Wildman–Crippen MR) is 107 cm³/mol. The molecular weight excluding hydrogens is 452 g/mol. The first-order chi connectivity index (χ1) is 13.3. The van der Waals surface area contributed by atoms with Crippen LogP contribution in [0.5, 0.6) is 0 Å². The van der Waals surface area contributed by atoms with Crippen LogP contribution in [-0.2, 0) is 10.0 Å². The maximum Gasteiger partial charge on any atom is 0.284 e. The molecule has 0 atom stereocenters. The standard InChI is InChI=1S/C17H15BrN4O5S/c18-14-7-6-11(9-15(14)22(24)25)17(23)20-12-3-1-4-13(10-12)28(26,27)21-16-5-2-8-19-16/h1,3-4,6-7,9-10H,2,5,8H2,(H,19,21)(H,20,23). The van der Waals surface area contributed by atoms with Gasteiger partial charge in [0.2, 0.25) is 0 Å². The number of anilines is 1. The monoisotopic (exact) mass is 466 g/mol. The normalized spacial score (nSPS) is 13.7. The molecule has 0 bridgehead atoms. The van der Waals surface area contributed by atoms with Crippen molar-refractivity contribution in [1.29, 1.82) is 0 Å². The van der Waals surface area contributed by atoms with Crippen molar-refractivity contribution in [3.63, 3.8) is 0 Å². The number of hydrogen-bond acceptors (Lipinski definition) is 6. The Labute approximate surface area is 169 Å². The van der Waals surface area contributed by atoms with Gasteiger partial charge in [-0.2, -0.15) is 0 Å². The van der Waals surface area contributed by atoms with Crippen LogP contribution in [0.4, 0.5) is 11.4 Å². The van der Waals surface area contributed by atoms with Gasteiger partial charge < -0.3 is 5.32 Å². The maximum absolute atomic E-state index is 12.5. The molecule has 1 aliphatic rings. The Morgan fingerprint density at radius 2 is 2.00 bits per heavy atom. The van der Waals surface area contributed by atoms with Crippen molar-refractivity contribution in [2.24, 2.45) is 4.99 Å². The molecule has 28 heavy (non-hydrogen) atoms. The lowest BCUT2D eigenvalue weighted by molar-refractivity contribution is -0.385. The highest BCUT2D eigenvalue weighted by Crippen LogP contribution is 2.26. The first-order valence-electron chi connectivity index (χ1n) is 8.18. The average Bonchev–Trinajstić information content (AvgIpc) is 3.14. The summed E-state index contributed by atoms with van der Waals surface area (Å²) in [6, 6.07) is 9.69. The molecule has 0 spiro atoms. The minimum Gasteiger partial charge on any atom is -0.322 e. The van der Waals surface area contributed by atoms with Crippen molar-refractivity contribution in [1.82, 2.24) is 4.72 Å². The first kappa shape index (κ1) is 20.0. The van der Waals surface area contributed by atoms with E-state index in [2.05, 4.69) is 31.0 Å². The fourth-order valence-electron chi connectivity index (χ4n) is 2.57. The van der Waals surface area contributed by atoms with E-state index in [4.69, 9.17) is 0 Å². The highest BCUT2D eigenvalue weighted by molar-refractivity contribution is 9.10. The van der Waals surface area contributed by atoms with Crippen LogP contribution in [0.25, 0.3) is 0 Å². The van der Waals surface area contributed by atoms with Crippen LogP contribution < -0.4 is 10.0 Å². The number of nitrogens with one attached hydrogen (secondary N) is 2. The van der Waals surface area contributed by atoms with Gasteiger partial charge in [-0.05, 0) is 52.7 Å². The van der Waals surface area contributed by atoms with E-state index in [1.807, 2.05) is 0 Å². The summed E-state index contributed by atoms with van der Waals surface area (Å²) in [4.78, 5) is 26.9. The third-order valence-corrected chi connectivity index (χ3v) is 5.98. The Balaban J connectivity index is 1.80. The van der Waals surface area contributed by atoms with Crippen LogP contribution in [0, 0.1) is 10.1 Å². The average molecular weight is 467 g/mol. The summed E-state index contributed by atoms with van der Waals surface area (Å²) in [5, 5.41) is 13.6. The van der Waals surface area contributed by atoms with Gasteiger partial charge in [0.25, 0.3) is 21.6 Å². The Morgan fingerprint density at radius 3 is 2.68 bits per heavy atom. The Morgan fingerprint density at radius 1 is 1.21 bits per heavy atom. The van der Waals surface area contributed by atoms with E-state index in [1.54, 1.807) is 0 Å². The van der Waals surface area contributed by atoms with Crippen molar-refractivity contribution in [3.8, 4) is 0 Å². The van der Waals surface area contributed by atoms with Crippen LogP contribution in [-0.4, -0.2) is 31.6 Å². The number of nitro groups is 1. The second-order valence-corrected chi connectivity index (χ2v) is 8.48. The Kier molecular flexibility index (Phi) is 5.75.